The smallest absolute Gasteiger partial charge is 0.184 e. The van der Waals surface area contributed by atoms with E-state index in [1.54, 1.807) is 0 Å². The standard InChI is InChI=1S/C11H15O/c1-4-9-6-8(3)7-10(5-2)11(9)12/h6-7H,4-5H2,1-3H3. The van der Waals surface area contributed by atoms with Crippen LogP contribution in [0.15, 0.2) is 12.1 Å². The molecule has 1 rings (SSSR count). The lowest BCUT2D eigenvalue weighted by Crippen LogP contribution is -1.89. The van der Waals surface area contributed by atoms with Crippen LogP contribution in [0.5, 0.6) is 5.75 Å². The Balaban J connectivity index is 3.22. The Bertz CT molecular complexity index is 251. The second kappa shape index (κ2) is 3.61. The maximum absolute atomic E-state index is 11.6. The van der Waals surface area contributed by atoms with Gasteiger partial charge in [-0.15, -0.1) is 0 Å². The molecule has 0 atom stereocenters. The molecule has 0 aliphatic heterocycles. The SMILES string of the molecule is CCc1cc(C)cc(CC)c1[O]. The van der Waals surface area contributed by atoms with Gasteiger partial charge < -0.3 is 0 Å². The molecule has 0 amide bonds. The highest BCUT2D eigenvalue weighted by Gasteiger charge is 2.06. The van der Waals surface area contributed by atoms with Gasteiger partial charge in [-0.1, -0.05) is 31.5 Å². The van der Waals surface area contributed by atoms with Crippen molar-refractivity contribution in [1.82, 2.24) is 0 Å². The van der Waals surface area contributed by atoms with Gasteiger partial charge in [0.05, 0.1) is 0 Å². The van der Waals surface area contributed by atoms with Crippen LogP contribution in [0.25, 0.3) is 0 Å². The molecule has 0 aromatic heterocycles. The van der Waals surface area contributed by atoms with Crippen molar-refractivity contribution in [1.29, 1.82) is 0 Å². The summed E-state index contributed by atoms with van der Waals surface area (Å²) < 4.78 is 0. The first-order valence-corrected chi connectivity index (χ1v) is 4.48. The Morgan fingerprint density at radius 2 is 1.50 bits per heavy atom. The summed E-state index contributed by atoms with van der Waals surface area (Å²) in [4.78, 5) is 0. The molecule has 1 aromatic carbocycles. The van der Waals surface area contributed by atoms with Crippen LogP contribution in [0.2, 0.25) is 0 Å². The van der Waals surface area contributed by atoms with Crippen LogP contribution in [0.4, 0.5) is 0 Å². The first-order chi connectivity index (χ1) is 5.69. The Kier molecular flexibility index (Phi) is 2.74. The van der Waals surface area contributed by atoms with Crippen LogP contribution >= 0.6 is 0 Å². The number of rotatable bonds is 2. The van der Waals surface area contributed by atoms with E-state index in [4.69, 9.17) is 0 Å². The molecule has 0 bridgehead atoms. The molecule has 0 N–H and O–H groups in total. The molecular weight excluding hydrogens is 148 g/mol. The third kappa shape index (κ3) is 1.60. The minimum absolute atomic E-state index is 0.241. The van der Waals surface area contributed by atoms with E-state index in [1.807, 2.05) is 32.9 Å². The summed E-state index contributed by atoms with van der Waals surface area (Å²) in [5, 5.41) is 11.6. The lowest BCUT2D eigenvalue weighted by Gasteiger charge is -2.05. The fourth-order valence-corrected chi connectivity index (χ4v) is 1.45. The highest BCUT2D eigenvalue weighted by Crippen LogP contribution is 2.25. The zero-order valence-electron chi connectivity index (χ0n) is 7.98. The molecule has 0 saturated carbocycles. The predicted molar refractivity (Wildman–Crippen MR) is 50.1 cm³/mol. The fourth-order valence-electron chi connectivity index (χ4n) is 1.45. The van der Waals surface area contributed by atoms with Gasteiger partial charge in [-0.2, -0.15) is 0 Å². The number of aryl methyl sites for hydroxylation is 3. The van der Waals surface area contributed by atoms with Crippen LogP contribution in [-0.4, -0.2) is 0 Å². The number of benzene rings is 1. The van der Waals surface area contributed by atoms with Crippen LogP contribution < -0.4 is 0 Å². The van der Waals surface area contributed by atoms with Crippen molar-refractivity contribution >= 4 is 0 Å². The van der Waals surface area contributed by atoms with Crippen molar-refractivity contribution < 1.29 is 5.11 Å². The van der Waals surface area contributed by atoms with Crippen molar-refractivity contribution in [2.75, 3.05) is 0 Å². The molecule has 1 heteroatoms. The molecule has 0 heterocycles. The normalized spacial score (nSPS) is 10.2. The van der Waals surface area contributed by atoms with Crippen molar-refractivity contribution in [3.05, 3.63) is 28.8 Å². The van der Waals surface area contributed by atoms with E-state index in [-0.39, 0.29) is 5.75 Å². The van der Waals surface area contributed by atoms with Gasteiger partial charge in [0, 0.05) is 0 Å². The zero-order chi connectivity index (χ0) is 9.14. The molecular formula is C11H15O. The topological polar surface area (TPSA) is 19.9 Å². The van der Waals surface area contributed by atoms with Crippen LogP contribution in [0, 0.1) is 6.92 Å². The van der Waals surface area contributed by atoms with Crippen molar-refractivity contribution in [2.24, 2.45) is 0 Å². The molecule has 0 spiro atoms. The minimum Gasteiger partial charge on any atom is -0.289 e. The van der Waals surface area contributed by atoms with Gasteiger partial charge >= 0.3 is 0 Å². The van der Waals surface area contributed by atoms with E-state index >= 15 is 0 Å². The van der Waals surface area contributed by atoms with Gasteiger partial charge in [-0.05, 0) is 30.9 Å². The van der Waals surface area contributed by atoms with Crippen molar-refractivity contribution in [3.63, 3.8) is 0 Å². The summed E-state index contributed by atoms with van der Waals surface area (Å²) in [6, 6.07) is 3.98. The predicted octanol–water partition coefficient (Wildman–Crippen LogP) is 3.26. The van der Waals surface area contributed by atoms with Crippen molar-refractivity contribution in [3.8, 4) is 5.75 Å². The Labute approximate surface area is 74.1 Å². The number of hydrogen-bond donors (Lipinski definition) is 0. The lowest BCUT2D eigenvalue weighted by atomic mass is 10.0. The maximum Gasteiger partial charge on any atom is 0.184 e. The fraction of sp³-hybridized carbons (Fsp3) is 0.455. The minimum atomic E-state index is 0.241. The summed E-state index contributed by atoms with van der Waals surface area (Å²) >= 11 is 0. The van der Waals surface area contributed by atoms with E-state index < -0.39 is 0 Å². The molecule has 0 saturated heterocycles. The maximum atomic E-state index is 11.6. The van der Waals surface area contributed by atoms with Gasteiger partial charge in [0.2, 0.25) is 0 Å². The molecule has 12 heavy (non-hydrogen) atoms. The van der Waals surface area contributed by atoms with Crippen LogP contribution in [0.3, 0.4) is 0 Å². The van der Waals surface area contributed by atoms with E-state index in [1.165, 1.54) is 5.56 Å². The summed E-state index contributed by atoms with van der Waals surface area (Å²) in [7, 11) is 0. The summed E-state index contributed by atoms with van der Waals surface area (Å²) in [6.07, 6.45) is 1.68. The van der Waals surface area contributed by atoms with E-state index in [0.717, 1.165) is 24.0 Å². The molecule has 0 aliphatic rings. The monoisotopic (exact) mass is 163 g/mol. The van der Waals surface area contributed by atoms with E-state index in [0.29, 0.717) is 0 Å². The Morgan fingerprint density at radius 1 is 1.08 bits per heavy atom. The summed E-state index contributed by atoms with van der Waals surface area (Å²) in [6.45, 7) is 6.09. The molecule has 0 aliphatic carbocycles. The second-order valence-electron chi connectivity index (χ2n) is 3.12. The van der Waals surface area contributed by atoms with Gasteiger partial charge in [0.15, 0.2) is 5.75 Å². The molecule has 0 unspecified atom stereocenters. The second-order valence-corrected chi connectivity index (χ2v) is 3.12. The average molecular weight is 163 g/mol. The van der Waals surface area contributed by atoms with E-state index in [2.05, 4.69) is 0 Å². The molecule has 0 fully saturated rings. The summed E-state index contributed by atoms with van der Waals surface area (Å²) in [5.74, 6) is 0.241. The van der Waals surface area contributed by atoms with Gasteiger partial charge in [0.1, 0.15) is 0 Å². The Morgan fingerprint density at radius 3 is 1.83 bits per heavy atom. The quantitative estimate of drug-likeness (QED) is 0.637. The van der Waals surface area contributed by atoms with Crippen molar-refractivity contribution in [2.45, 2.75) is 33.6 Å². The van der Waals surface area contributed by atoms with Gasteiger partial charge in [-0.25, -0.2) is 0 Å². The molecule has 65 valence electrons. The highest BCUT2D eigenvalue weighted by atomic mass is 16.3. The third-order valence-electron chi connectivity index (χ3n) is 2.15. The summed E-state index contributed by atoms with van der Waals surface area (Å²) in [5.41, 5.74) is 3.10. The van der Waals surface area contributed by atoms with E-state index in [9.17, 15) is 5.11 Å². The first-order valence-electron chi connectivity index (χ1n) is 4.48. The van der Waals surface area contributed by atoms with Crippen LogP contribution in [-0.2, 0) is 17.9 Å². The molecule has 1 radical (unpaired) electrons. The molecule has 1 aromatic rings. The average Bonchev–Trinajstić information content (AvgIpc) is 2.08. The molecule has 1 nitrogen and oxygen atoms in total. The Hall–Kier alpha value is -0.980. The van der Waals surface area contributed by atoms with Gasteiger partial charge in [0.25, 0.3) is 0 Å². The third-order valence-corrected chi connectivity index (χ3v) is 2.15. The lowest BCUT2D eigenvalue weighted by molar-refractivity contribution is 0.345. The van der Waals surface area contributed by atoms with Crippen LogP contribution in [0.1, 0.15) is 30.5 Å². The number of hydrogen-bond acceptors (Lipinski definition) is 0. The first kappa shape index (κ1) is 9.11. The highest BCUT2D eigenvalue weighted by molar-refractivity contribution is 5.43. The van der Waals surface area contributed by atoms with Gasteiger partial charge in [-0.3, -0.25) is 5.11 Å². The largest absolute Gasteiger partial charge is 0.289 e. The zero-order valence-corrected chi connectivity index (χ0v) is 7.98.